The van der Waals surface area contributed by atoms with Gasteiger partial charge in [0.15, 0.2) is 0 Å². The molecule has 0 spiro atoms. The molecule has 17 heavy (non-hydrogen) atoms. The second-order valence-corrected chi connectivity index (χ2v) is 5.80. The summed E-state index contributed by atoms with van der Waals surface area (Å²) in [7, 11) is 0. The van der Waals surface area contributed by atoms with Crippen LogP contribution in [0.1, 0.15) is 46.0 Å². The fourth-order valence-electron chi connectivity index (χ4n) is 2.95. The maximum atomic E-state index is 12.5. The lowest BCUT2D eigenvalue weighted by molar-refractivity contribution is -0.140. The number of hydrogen-bond donors (Lipinski definition) is 1. The van der Waals surface area contributed by atoms with E-state index in [1.54, 1.807) is 0 Å². The van der Waals surface area contributed by atoms with Crippen LogP contribution >= 0.6 is 0 Å². The van der Waals surface area contributed by atoms with Gasteiger partial charge in [-0.15, -0.1) is 0 Å². The normalized spacial score (nSPS) is 29.8. The van der Waals surface area contributed by atoms with E-state index in [4.69, 9.17) is 0 Å². The SMILES string of the molecule is CCCN(C(=O)C1CCC(C)CC1)C1CNC1. The molecule has 2 rings (SSSR count). The third-order valence-electron chi connectivity index (χ3n) is 4.31. The molecule has 0 aromatic rings. The van der Waals surface area contributed by atoms with E-state index in [1.807, 2.05) is 0 Å². The predicted molar refractivity (Wildman–Crippen MR) is 69.8 cm³/mol. The number of carbonyl (C=O) groups excluding carboxylic acids is 1. The second-order valence-electron chi connectivity index (χ2n) is 5.80. The molecule has 0 unspecified atom stereocenters. The molecule has 1 aliphatic heterocycles. The molecule has 98 valence electrons. The Balaban J connectivity index is 1.90. The molecule has 0 aromatic heterocycles. The smallest absolute Gasteiger partial charge is 0.226 e. The molecular formula is C14H26N2O. The second kappa shape index (κ2) is 5.85. The molecule has 2 aliphatic rings. The van der Waals surface area contributed by atoms with Gasteiger partial charge in [-0.05, 0) is 38.0 Å². The average Bonchev–Trinajstić information content (AvgIpc) is 2.26. The van der Waals surface area contributed by atoms with Crippen LogP contribution in [0, 0.1) is 11.8 Å². The molecule has 3 nitrogen and oxygen atoms in total. The Labute approximate surface area is 105 Å². The minimum atomic E-state index is 0.318. The van der Waals surface area contributed by atoms with Crippen LogP contribution in [0.25, 0.3) is 0 Å². The van der Waals surface area contributed by atoms with Gasteiger partial charge in [0.2, 0.25) is 5.91 Å². The average molecular weight is 238 g/mol. The minimum absolute atomic E-state index is 0.318. The molecule has 1 amide bonds. The Hall–Kier alpha value is -0.570. The molecule has 1 N–H and O–H groups in total. The summed E-state index contributed by atoms with van der Waals surface area (Å²) < 4.78 is 0. The first-order chi connectivity index (χ1) is 8.22. The van der Waals surface area contributed by atoms with Gasteiger partial charge in [-0.1, -0.05) is 13.8 Å². The number of rotatable bonds is 4. The summed E-state index contributed by atoms with van der Waals surface area (Å²) >= 11 is 0. The number of nitrogens with zero attached hydrogens (tertiary/aromatic N) is 1. The van der Waals surface area contributed by atoms with Gasteiger partial charge in [-0.3, -0.25) is 4.79 Å². The highest BCUT2D eigenvalue weighted by molar-refractivity contribution is 5.79. The van der Waals surface area contributed by atoms with E-state index < -0.39 is 0 Å². The molecule has 0 bridgehead atoms. The summed E-state index contributed by atoms with van der Waals surface area (Å²) in [6.07, 6.45) is 5.77. The third kappa shape index (κ3) is 3.01. The van der Waals surface area contributed by atoms with E-state index in [1.165, 1.54) is 12.8 Å². The summed E-state index contributed by atoms with van der Waals surface area (Å²) in [6, 6.07) is 0.474. The third-order valence-corrected chi connectivity index (χ3v) is 4.31. The number of hydrogen-bond acceptors (Lipinski definition) is 2. The standard InChI is InChI=1S/C14H26N2O/c1-3-8-16(13-9-15-10-13)14(17)12-6-4-11(2)5-7-12/h11-13,15H,3-10H2,1-2H3. The first-order valence-electron chi connectivity index (χ1n) is 7.23. The monoisotopic (exact) mass is 238 g/mol. The van der Waals surface area contributed by atoms with Gasteiger partial charge in [0.25, 0.3) is 0 Å². The molecule has 3 heteroatoms. The first kappa shape index (κ1) is 12.9. The van der Waals surface area contributed by atoms with E-state index in [2.05, 4.69) is 24.1 Å². The van der Waals surface area contributed by atoms with Crippen LogP contribution in [0.2, 0.25) is 0 Å². The maximum absolute atomic E-state index is 12.5. The van der Waals surface area contributed by atoms with Crippen LogP contribution in [0.15, 0.2) is 0 Å². The quantitative estimate of drug-likeness (QED) is 0.812. The van der Waals surface area contributed by atoms with Crippen molar-refractivity contribution in [3.63, 3.8) is 0 Å². The van der Waals surface area contributed by atoms with Gasteiger partial charge in [0.1, 0.15) is 0 Å². The fourth-order valence-corrected chi connectivity index (χ4v) is 2.95. The zero-order valence-electron chi connectivity index (χ0n) is 11.2. The Morgan fingerprint density at radius 1 is 1.24 bits per heavy atom. The highest BCUT2D eigenvalue weighted by atomic mass is 16.2. The predicted octanol–water partition coefficient (Wildman–Crippen LogP) is 2.02. The van der Waals surface area contributed by atoms with Gasteiger partial charge in [0.05, 0.1) is 6.04 Å². The van der Waals surface area contributed by atoms with E-state index >= 15 is 0 Å². The van der Waals surface area contributed by atoms with Crippen LogP contribution in [0.4, 0.5) is 0 Å². The van der Waals surface area contributed by atoms with Crippen LogP contribution in [-0.2, 0) is 4.79 Å². The van der Waals surface area contributed by atoms with Crippen molar-refractivity contribution in [2.24, 2.45) is 11.8 Å². The van der Waals surface area contributed by atoms with Crippen molar-refractivity contribution in [1.29, 1.82) is 0 Å². The summed E-state index contributed by atoms with van der Waals surface area (Å²) in [6.45, 7) is 7.40. The lowest BCUT2D eigenvalue weighted by atomic mass is 9.82. The molecular weight excluding hydrogens is 212 g/mol. The Kier molecular flexibility index (Phi) is 4.43. The molecule has 2 fully saturated rings. The zero-order chi connectivity index (χ0) is 12.3. The van der Waals surface area contributed by atoms with Crippen LogP contribution in [-0.4, -0.2) is 36.5 Å². The molecule has 1 saturated heterocycles. The van der Waals surface area contributed by atoms with Crippen molar-refractivity contribution < 1.29 is 4.79 Å². The van der Waals surface area contributed by atoms with Gasteiger partial charge < -0.3 is 10.2 Å². The number of amides is 1. The van der Waals surface area contributed by atoms with Gasteiger partial charge in [-0.2, -0.15) is 0 Å². The molecule has 1 aliphatic carbocycles. The van der Waals surface area contributed by atoms with Gasteiger partial charge in [-0.25, -0.2) is 0 Å². The molecule has 0 aromatic carbocycles. The summed E-state index contributed by atoms with van der Waals surface area (Å²) in [5, 5.41) is 3.27. The van der Waals surface area contributed by atoms with Crippen molar-refractivity contribution in [2.45, 2.75) is 52.0 Å². The van der Waals surface area contributed by atoms with E-state index in [0.29, 0.717) is 17.9 Å². The Bertz CT molecular complexity index is 255. The lowest BCUT2D eigenvalue weighted by Gasteiger charge is -2.41. The first-order valence-corrected chi connectivity index (χ1v) is 7.23. The van der Waals surface area contributed by atoms with Crippen LogP contribution in [0.5, 0.6) is 0 Å². The number of nitrogens with one attached hydrogen (secondary N) is 1. The molecule has 1 saturated carbocycles. The van der Waals surface area contributed by atoms with Gasteiger partial charge >= 0.3 is 0 Å². The lowest BCUT2D eigenvalue weighted by Crippen LogP contribution is -2.60. The topological polar surface area (TPSA) is 32.3 Å². The summed E-state index contributed by atoms with van der Waals surface area (Å²) in [5.41, 5.74) is 0. The fraction of sp³-hybridized carbons (Fsp3) is 0.929. The van der Waals surface area contributed by atoms with E-state index in [-0.39, 0.29) is 0 Å². The summed E-state index contributed by atoms with van der Waals surface area (Å²) in [4.78, 5) is 14.7. The van der Waals surface area contributed by atoms with Crippen molar-refractivity contribution in [2.75, 3.05) is 19.6 Å². The Morgan fingerprint density at radius 3 is 2.35 bits per heavy atom. The van der Waals surface area contributed by atoms with Crippen LogP contribution in [0.3, 0.4) is 0 Å². The van der Waals surface area contributed by atoms with Crippen LogP contribution < -0.4 is 5.32 Å². The van der Waals surface area contributed by atoms with Crippen molar-refractivity contribution >= 4 is 5.91 Å². The van der Waals surface area contributed by atoms with Crippen molar-refractivity contribution in [3.8, 4) is 0 Å². The van der Waals surface area contributed by atoms with Crippen molar-refractivity contribution in [1.82, 2.24) is 10.2 Å². The Morgan fingerprint density at radius 2 is 1.88 bits per heavy atom. The minimum Gasteiger partial charge on any atom is -0.337 e. The van der Waals surface area contributed by atoms with Gasteiger partial charge in [0, 0.05) is 25.6 Å². The maximum Gasteiger partial charge on any atom is 0.226 e. The number of carbonyl (C=O) groups is 1. The zero-order valence-corrected chi connectivity index (χ0v) is 11.2. The van der Waals surface area contributed by atoms with E-state index in [0.717, 1.165) is 44.8 Å². The molecule has 0 atom stereocenters. The largest absolute Gasteiger partial charge is 0.337 e. The highest BCUT2D eigenvalue weighted by Gasteiger charge is 2.33. The van der Waals surface area contributed by atoms with E-state index in [9.17, 15) is 4.79 Å². The molecule has 1 heterocycles. The highest BCUT2D eigenvalue weighted by Crippen LogP contribution is 2.30. The molecule has 0 radical (unpaired) electrons. The van der Waals surface area contributed by atoms with Crippen molar-refractivity contribution in [3.05, 3.63) is 0 Å². The summed E-state index contributed by atoms with van der Waals surface area (Å²) in [5.74, 6) is 1.58.